The van der Waals surface area contributed by atoms with Gasteiger partial charge in [0, 0.05) is 18.3 Å². The third-order valence-corrected chi connectivity index (χ3v) is 3.63. The number of rotatable bonds is 5. The first-order valence-electron chi connectivity index (χ1n) is 7.36. The van der Waals surface area contributed by atoms with E-state index in [4.69, 9.17) is 4.74 Å². The van der Waals surface area contributed by atoms with Crippen molar-refractivity contribution >= 4 is 24.2 Å². The number of nitrogens with zero attached hydrogens (tertiary/aromatic N) is 2. The molecule has 1 aliphatic rings. The summed E-state index contributed by atoms with van der Waals surface area (Å²) >= 11 is 0. The Morgan fingerprint density at radius 1 is 1.59 bits per heavy atom. The highest BCUT2D eigenvalue weighted by Crippen LogP contribution is 2.28. The molecule has 0 saturated heterocycles. The molecule has 0 fully saturated rings. The summed E-state index contributed by atoms with van der Waals surface area (Å²) in [6.07, 6.45) is 4.43. The van der Waals surface area contributed by atoms with Gasteiger partial charge in [-0.15, -0.1) is 0 Å². The zero-order valence-electron chi connectivity index (χ0n) is 13.3. The molecule has 5 nitrogen and oxygen atoms in total. The van der Waals surface area contributed by atoms with E-state index in [1.165, 1.54) is 0 Å². The summed E-state index contributed by atoms with van der Waals surface area (Å²) in [5.74, 6) is 0.570. The number of hydrogen-bond donors (Lipinski definition) is 1. The van der Waals surface area contributed by atoms with Gasteiger partial charge >= 0.3 is 5.97 Å². The third-order valence-electron chi connectivity index (χ3n) is 3.63. The maximum atomic E-state index is 12.0. The minimum absolute atomic E-state index is 0.340. The molecule has 1 aromatic rings. The van der Waals surface area contributed by atoms with Crippen molar-refractivity contribution < 1.29 is 9.53 Å². The molecule has 116 valence electrons. The van der Waals surface area contributed by atoms with E-state index in [1.807, 2.05) is 13.0 Å². The predicted molar refractivity (Wildman–Crippen MR) is 89.0 cm³/mol. The third kappa shape index (κ3) is 3.08. The first kappa shape index (κ1) is 15.9. The molecule has 1 aliphatic heterocycles. The summed E-state index contributed by atoms with van der Waals surface area (Å²) < 4.78 is 5.09. The number of fused-ring (bicyclic) bond motifs is 1. The Morgan fingerprint density at radius 2 is 2.36 bits per heavy atom. The second-order valence-corrected chi connectivity index (χ2v) is 4.96. The number of carbonyl (C=O) groups is 1. The van der Waals surface area contributed by atoms with Crippen LogP contribution in [-0.2, 0) is 16.0 Å². The van der Waals surface area contributed by atoms with Crippen LogP contribution in [0.2, 0.25) is 0 Å². The summed E-state index contributed by atoms with van der Waals surface area (Å²) in [6, 6.07) is 2.05. The molecular weight excluding hydrogens is 278 g/mol. The Morgan fingerprint density at radius 3 is 3.00 bits per heavy atom. The Hall–Kier alpha value is -2.43. The number of allylic oxidation sites excluding steroid dienone is 1. The average Bonchev–Trinajstić information content (AvgIpc) is 2.96. The molecule has 0 aromatic carbocycles. The van der Waals surface area contributed by atoms with E-state index in [0.29, 0.717) is 17.9 Å². The number of ether oxygens (including phenoxy) is 1. The van der Waals surface area contributed by atoms with Gasteiger partial charge in [0.1, 0.15) is 5.82 Å². The van der Waals surface area contributed by atoms with Crippen LogP contribution in [-0.4, -0.2) is 30.8 Å². The van der Waals surface area contributed by atoms with Crippen LogP contribution in [0.25, 0.3) is 5.70 Å². The van der Waals surface area contributed by atoms with E-state index < -0.39 is 0 Å². The van der Waals surface area contributed by atoms with Gasteiger partial charge in [0.15, 0.2) is 0 Å². The van der Waals surface area contributed by atoms with Crippen LogP contribution in [0.3, 0.4) is 0 Å². The molecule has 0 unspecified atom stereocenters. The topological polar surface area (TPSA) is 63.6 Å². The normalized spacial score (nSPS) is 14.8. The number of carbonyl (C=O) groups excluding carboxylic acids is 1. The first-order chi connectivity index (χ1) is 10.6. The number of nitrogens with one attached hydrogen (secondary N) is 1. The summed E-state index contributed by atoms with van der Waals surface area (Å²) in [5, 5.41) is 3.22. The molecule has 1 N–H and O–H groups in total. The maximum Gasteiger partial charge on any atom is 0.338 e. The second kappa shape index (κ2) is 7.02. The quantitative estimate of drug-likeness (QED) is 0.393. The highest BCUT2D eigenvalue weighted by molar-refractivity contribution is 5.96. The van der Waals surface area contributed by atoms with E-state index in [9.17, 15) is 4.79 Å². The van der Waals surface area contributed by atoms with Gasteiger partial charge in [-0.3, -0.25) is 4.99 Å². The SMILES string of the molecule is C=NC(=C(C)C(=CC)C(=O)OCC)c1cnc2c(c1)CCN2. The highest BCUT2D eigenvalue weighted by atomic mass is 16.5. The fourth-order valence-electron chi connectivity index (χ4n) is 2.56. The van der Waals surface area contributed by atoms with Crippen LogP contribution in [0.15, 0.2) is 34.5 Å². The summed E-state index contributed by atoms with van der Waals surface area (Å²) in [6.45, 7) is 10.3. The molecule has 0 aliphatic carbocycles. The predicted octanol–water partition coefficient (Wildman–Crippen LogP) is 2.99. The summed E-state index contributed by atoms with van der Waals surface area (Å²) in [4.78, 5) is 20.6. The lowest BCUT2D eigenvalue weighted by atomic mass is 10.0. The largest absolute Gasteiger partial charge is 0.462 e. The van der Waals surface area contributed by atoms with Gasteiger partial charge in [-0.05, 0) is 51.1 Å². The lowest BCUT2D eigenvalue weighted by Gasteiger charge is -2.12. The molecule has 0 amide bonds. The van der Waals surface area contributed by atoms with Gasteiger partial charge < -0.3 is 10.1 Å². The fraction of sp³-hybridized carbons (Fsp3) is 0.353. The summed E-state index contributed by atoms with van der Waals surface area (Å²) in [5.41, 5.74) is 3.91. The Bertz CT molecular complexity index is 660. The molecule has 0 saturated carbocycles. The molecule has 2 rings (SSSR count). The van der Waals surface area contributed by atoms with Crippen molar-refractivity contribution in [2.45, 2.75) is 27.2 Å². The van der Waals surface area contributed by atoms with Gasteiger partial charge in [0.2, 0.25) is 0 Å². The van der Waals surface area contributed by atoms with E-state index in [1.54, 1.807) is 26.1 Å². The fourth-order valence-corrected chi connectivity index (χ4v) is 2.56. The lowest BCUT2D eigenvalue weighted by Crippen LogP contribution is -2.09. The number of pyridine rings is 1. The van der Waals surface area contributed by atoms with E-state index >= 15 is 0 Å². The van der Waals surface area contributed by atoms with Gasteiger partial charge in [-0.25, -0.2) is 9.78 Å². The van der Waals surface area contributed by atoms with Crippen molar-refractivity contribution in [2.75, 3.05) is 18.5 Å². The van der Waals surface area contributed by atoms with Crippen LogP contribution in [0.1, 0.15) is 31.9 Å². The molecule has 2 heterocycles. The molecule has 22 heavy (non-hydrogen) atoms. The minimum Gasteiger partial charge on any atom is -0.462 e. The number of hydrogen-bond acceptors (Lipinski definition) is 5. The van der Waals surface area contributed by atoms with E-state index in [2.05, 4.69) is 22.0 Å². The Labute approximate surface area is 130 Å². The van der Waals surface area contributed by atoms with Crippen molar-refractivity contribution in [1.29, 1.82) is 0 Å². The second-order valence-electron chi connectivity index (χ2n) is 4.96. The first-order valence-corrected chi connectivity index (χ1v) is 7.36. The van der Waals surface area contributed by atoms with E-state index in [-0.39, 0.29) is 5.97 Å². The highest BCUT2D eigenvalue weighted by Gasteiger charge is 2.18. The Kier molecular flexibility index (Phi) is 5.09. The van der Waals surface area contributed by atoms with Crippen LogP contribution in [0, 0.1) is 0 Å². The zero-order valence-corrected chi connectivity index (χ0v) is 13.3. The molecular formula is C17H21N3O2. The monoisotopic (exact) mass is 299 g/mol. The van der Waals surface area contributed by atoms with Gasteiger partial charge in [0.25, 0.3) is 0 Å². The zero-order chi connectivity index (χ0) is 16.1. The molecule has 0 spiro atoms. The molecule has 1 aromatic heterocycles. The van der Waals surface area contributed by atoms with Crippen LogP contribution in [0.5, 0.6) is 0 Å². The van der Waals surface area contributed by atoms with Gasteiger partial charge in [-0.2, -0.15) is 0 Å². The van der Waals surface area contributed by atoms with Gasteiger partial charge in [-0.1, -0.05) is 6.08 Å². The van der Waals surface area contributed by atoms with Crippen LogP contribution >= 0.6 is 0 Å². The molecule has 0 radical (unpaired) electrons. The molecule has 5 heteroatoms. The van der Waals surface area contributed by atoms with Crippen molar-refractivity contribution in [3.63, 3.8) is 0 Å². The smallest absolute Gasteiger partial charge is 0.338 e. The number of esters is 1. The lowest BCUT2D eigenvalue weighted by molar-refractivity contribution is -0.138. The Balaban J connectivity index is 2.44. The van der Waals surface area contributed by atoms with Gasteiger partial charge in [0.05, 0.1) is 17.9 Å². The molecule has 0 bridgehead atoms. The minimum atomic E-state index is -0.348. The standard InChI is InChI=1S/C17H21N3O2/c1-5-14(17(21)22-6-2)11(3)15(18-4)13-9-12-7-8-19-16(12)20-10-13/h5,9-10H,4,6-8H2,1-3H3,(H,19,20). The number of anilines is 1. The maximum absolute atomic E-state index is 12.0. The number of aromatic nitrogens is 1. The van der Waals surface area contributed by atoms with Crippen LogP contribution < -0.4 is 5.32 Å². The van der Waals surface area contributed by atoms with Crippen molar-refractivity contribution in [3.8, 4) is 0 Å². The van der Waals surface area contributed by atoms with Crippen molar-refractivity contribution in [3.05, 3.63) is 40.6 Å². The summed E-state index contributed by atoms with van der Waals surface area (Å²) in [7, 11) is 0. The number of aliphatic imine (C=N–C) groups is 1. The van der Waals surface area contributed by atoms with Crippen molar-refractivity contribution in [1.82, 2.24) is 4.98 Å². The van der Waals surface area contributed by atoms with E-state index in [0.717, 1.165) is 35.5 Å². The van der Waals surface area contributed by atoms with Crippen LogP contribution in [0.4, 0.5) is 5.82 Å². The van der Waals surface area contributed by atoms with Crippen molar-refractivity contribution in [2.24, 2.45) is 4.99 Å². The average molecular weight is 299 g/mol. The molecule has 0 atom stereocenters.